The number of aromatic nitrogens is 4. The van der Waals surface area contributed by atoms with Crippen LogP contribution >= 0.6 is 0 Å². The van der Waals surface area contributed by atoms with Crippen LogP contribution in [0.5, 0.6) is 0 Å². The second kappa shape index (κ2) is 10.7. The summed E-state index contributed by atoms with van der Waals surface area (Å²) in [5, 5.41) is 9.19. The van der Waals surface area contributed by atoms with Crippen molar-refractivity contribution in [2.45, 2.75) is 0 Å². The molecule has 8 heteroatoms. The second-order valence-corrected chi connectivity index (χ2v) is 8.08. The zero-order valence-corrected chi connectivity index (χ0v) is 19.7. The number of aldehydes is 1. The molecule has 0 atom stereocenters. The van der Waals surface area contributed by atoms with Crippen LogP contribution in [0.2, 0.25) is 0 Å². The summed E-state index contributed by atoms with van der Waals surface area (Å²) in [6.07, 6.45) is 3.93. The average molecular weight is 501 g/mol. The van der Waals surface area contributed by atoms with Crippen LogP contribution in [0.3, 0.4) is 0 Å². The number of fused-ring (bicyclic) bond motifs is 2. The Labute approximate surface area is 215 Å². The van der Waals surface area contributed by atoms with Crippen molar-refractivity contribution in [1.82, 2.24) is 19.9 Å². The van der Waals surface area contributed by atoms with Crippen molar-refractivity contribution < 1.29 is 13.6 Å². The maximum Gasteiger partial charge on any atom is 0.152 e. The van der Waals surface area contributed by atoms with Crippen LogP contribution in [0.15, 0.2) is 97.3 Å². The van der Waals surface area contributed by atoms with Gasteiger partial charge in [0.2, 0.25) is 0 Å². The number of pyridine rings is 4. The SMILES string of the molecule is N#Cc1cc2ncccc2nc1-c1ccccc1F.O=Cc1cc2ncccc2nc1-c1ccccc1F. The first-order valence-corrected chi connectivity index (χ1v) is 11.5. The Morgan fingerprint density at radius 3 is 1.74 bits per heavy atom. The van der Waals surface area contributed by atoms with Gasteiger partial charge in [-0.05, 0) is 60.7 Å². The van der Waals surface area contributed by atoms with Crippen LogP contribution in [0.25, 0.3) is 44.6 Å². The van der Waals surface area contributed by atoms with E-state index >= 15 is 0 Å². The third-order valence-electron chi connectivity index (χ3n) is 5.70. The maximum atomic E-state index is 13.8. The van der Waals surface area contributed by atoms with Gasteiger partial charge in [-0.3, -0.25) is 14.8 Å². The third kappa shape index (κ3) is 4.81. The third-order valence-corrected chi connectivity index (χ3v) is 5.70. The predicted octanol–water partition coefficient (Wildman–Crippen LogP) is 6.56. The largest absolute Gasteiger partial charge is 0.298 e. The van der Waals surface area contributed by atoms with Gasteiger partial charge in [-0.2, -0.15) is 5.26 Å². The van der Waals surface area contributed by atoms with Gasteiger partial charge in [0, 0.05) is 29.1 Å². The van der Waals surface area contributed by atoms with Crippen molar-refractivity contribution in [1.29, 1.82) is 5.26 Å². The van der Waals surface area contributed by atoms with E-state index in [9.17, 15) is 18.8 Å². The molecule has 0 spiro atoms. The van der Waals surface area contributed by atoms with Crippen molar-refractivity contribution in [2.24, 2.45) is 0 Å². The molecule has 0 bridgehead atoms. The van der Waals surface area contributed by atoms with Gasteiger partial charge < -0.3 is 0 Å². The molecule has 2 aromatic carbocycles. The smallest absolute Gasteiger partial charge is 0.152 e. The fourth-order valence-electron chi connectivity index (χ4n) is 3.92. The van der Waals surface area contributed by atoms with Crippen molar-refractivity contribution in [3.63, 3.8) is 0 Å². The van der Waals surface area contributed by atoms with Crippen LogP contribution in [0.4, 0.5) is 8.78 Å². The Bertz CT molecular complexity index is 1850. The summed E-state index contributed by atoms with van der Waals surface area (Å²) in [5.74, 6) is -0.795. The Balaban J connectivity index is 0.000000155. The van der Waals surface area contributed by atoms with Gasteiger partial charge in [0.05, 0.1) is 39.0 Å². The lowest BCUT2D eigenvalue weighted by molar-refractivity contribution is 0.112. The molecular formula is C30H17F2N5O. The minimum absolute atomic E-state index is 0.315. The van der Waals surface area contributed by atoms with Crippen molar-refractivity contribution in [2.75, 3.05) is 0 Å². The molecule has 6 aromatic rings. The van der Waals surface area contributed by atoms with Gasteiger partial charge in [-0.15, -0.1) is 0 Å². The Morgan fingerprint density at radius 2 is 1.18 bits per heavy atom. The molecule has 0 amide bonds. The number of nitrogens with zero attached hydrogens (tertiary/aromatic N) is 5. The Hall–Kier alpha value is -5.42. The Morgan fingerprint density at radius 1 is 0.658 bits per heavy atom. The van der Waals surface area contributed by atoms with Crippen LogP contribution in [0, 0.1) is 23.0 Å². The fraction of sp³-hybridized carbons (Fsp3) is 0. The van der Waals surface area contributed by atoms with E-state index in [0.717, 1.165) is 0 Å². The highest BCUT2D eigenvalue weighted by molar-refractivity contribution is 5.92. The number of rotatable bonds is 3. The Kier molecular flexibility index (Phi) is 6.83. The van der Waals surface area contributed by atoms with Crippen LogP contribution in [-0.2, 0) is 0 Å². The molecule has 0 unspecified atom stereocenters. The summed E-state index contributed by atoms with van der Waals surface area (Å²) >= 11 is 0. The molecule has 0 aliphatic heterocycles. The molecule has 182 valence electrons. The zero-order valence-electron chi connectivity index (χ0n) is 19.7. The molecule has 0 fully saturated rings. The number of hydrogen-bond donors (Lipinski definition) is 0. The first-order chi connectivity index (χ1) is 18.6. The van der Waals surface area contributed by atoms with Gasteiger partial charge >= 0.3 is 0 Å². The van der Waals surface area contributed by atoms with Crippen LogP contribution < -0.4 is 0 Å². The molecule has 0 N–H and O–H groups in total. The lowest BCUT2D eigenvalue weighted by atomic mass is 10.1. The van der Waals surface area contributed by atoms with E-state index in [0.29, 0.717) is 62.0 Å². The van der Waals surface area contributed by atoms with Crippen LogP contribution in [0.1, 0.15) is 15.9 Å². The topological polar surface area (TPSA) is 92.4 Å². The standard InChI is InChI=1S/C15H8FN3.C15H9FN2O/c16-12-5-2-1-4-11(12)15-10(9-17)8-14-13(19-15)6-3-7-18-14;16-12-5-2-1-4-11(12)15-10(9-19)8-14-13(18-15)6-3-7-17-14/h1-8H;1-9H. The van der Waals surface area contributed by atoms with Crippen LogP contribution in [-0.4, -0.2) is 26.2 Å². The lowest BCUT2D eigenvalue weighted by Crippen LogP contribution is -1.96. The fourth-order valence-corrected chi connectivity index (χ4v) is 3.92. The number of hydrogen-bond acceptors (Lipinski definition) is 6. The first kappa shape index (κ1) is 24.3. The molecule has 0 aliphatic rings. The molecule has 0 saturated heterocycles. The van der Waals surface area contributed by atoms with E-state index in [1.165, 1.54) is 12.1 Å². The summed E-state index contributed by atoms with van der Waals surface area (Å²) in [6, 6.07) is 24.9. The monoisotopic (exact) mass is 501 g/mol. The molecule has 6 rings (SSSR count). The van der Waals surface area contributed by atoms with Crippen molar-refractivity contribution in [3.8, 4) is 28.6 Å². The minimum atomic E-state index is -0.402. The minimum Gasteiger partial charge on any atom is -0.298 e. The van der Waals surface area contributed by atoms with Crippen molar-refractivity contribution >= 4 is 28.4 Å². The number of carbonyl (C=O) groups excluding carboxylic acids is 1. The van der Waals surface area contributed by atoms with E-state index in [2.05, 4.69) is 19.9 Å². The normalized spacial score (nSPS) is 10.4. The quantitative estimate of drug-likeness (QED) is 0.255. The zero-order chi connectivity index (χ0) is 26.5. The average Bonchev–Trinajstić information content (AvgIpc) is 2.96. The van der Waals surface area contributed by atoms with E-state index in [1.54, 1.807) is 85.2 Å². The summed E-state index contributed by atoms with van der Waals surface area (Å²) in [4.78, 5) is 28.1. The predicted molar refractivity (Wildman–Crippen MR) is 140 cm³/mol. The maximum absolute atomic E-state index is 13.8. The van der Waals surface area contributed by atoms with E-state index in [4.69, 9.17) is 0 Å². The molecule has 4 heterocycles. The summed E-state index contributed by atoms with van der Waals surface area (Å²) in [6.45, 7) is 0. The van der Waals surface area contributed by atoms with Gasteiger partial charge in [-0.25, -0.2) is 18.7 Å². The van der Waals surface area contributed by atoms with Gasteiger partial charge in [0.1, 0.15) is 17.7 Å². The highest BCUT2D eigenvalue weighted by Gasteiger charge is 2.14. The van der Waals surface area contributed by atoms with Gasteiger partial charge in [0.25, 0.3) is 0 Å². The number of benzene rings is 2. The highest BCUT2D eigenvalue weighted by Crippen LogP contribution is 2.27. The molecule has 0 aliphatic carbocycles. The number of nitriles is 1. The summed E-state index contributed by atoms with van der Waals surface area (Å²) < 4.78 is 27.6. The molecule has 0 radical (unpaired) electrons. The second-order valence-electron chi connectivity index (χ2n) is 8.08. The number of carbonyl (C=O) groups is 1. The molecular weight excluding hydrogens is 484 g/mol. The van der Waals surface area contributed by atoms with Gasteiger partial charge in [-0.1, -0.05) is 24.3 Å². The summed E-state index contributed by atoms with van der Waals surface area (Å²) in [5.41, 5.74) is 4.48. The molecule has 4 aromatic heterocycles. The molecule has 6 nitrogen and oxygen atoms in total. The van der Waals surface area contributed by atoms with Crippen molar-refractivity contribution in [3.05, 3.63) is 120 Å². The van der Waals surface area contributed by atoms with E-state index in [-0.39, 0.29) is 0 Å². The highest BCUT2D eigenvalue weighted by atomic mass is 19.1. The summed E-state index contributed by atoms with van der Waals surface area (Å²) in [7, 11) is 0. The molecule has 38 heavy (non-hydrogen) atoms. The van der Waals surface area contributed by atoms with E-state index in [1.807, 2.05) is 6.07 Å². The lowest BCUT2D eigenvalue weighted by Gasteiger charge is -2.07. The van der Waals surface area contributed by atoms with E-state index < -0.39 is 11.6 Å². The first-order valence-electron chi connectivity index (χ1n) is 11.5. The van der Waals surface area contributed by atoms with Gasteiger partial charge in [0.15, 0.2) is 6.29 Å². The number of halogens is 2. The molecule has 0 saturated carbocycles.